The largest absolute Gasteiger partial charge is 0.497 e. The molecule has 5 heteroatoms. The average molecular weight is 422 g/mol. The molecule has 164 valence electrons. The number of nitrogens with zero attached hydrogens (tertiary/aromatic N) is 1. The Morgan fingerprint density at radius 3 is 2.29 bits per heavy atom. The molecule has 0 unspecified atom stereocenters. The molecule has 1 amide bonds. The molecule has 0 fully saturated rings. The Morgan fingerprint density at radius 2 is 1.71 bits per heavy atom. The van der Waals surface area contributed by atoms with Crippen LogP contribution in [-0.2, 0) is 20.9 Å². The van der Waals surface area contributed by atoms with E-state index < -0.39 is 0 Å². The molecule has 31 heavy (non-hydrogen) atoms. The van der Waals surface area contributed by atoms with Gasteiger partial charge in [0.15, 0.2) is 0 Å². The normalized spacial score (nSPS) is 16.6. The predicted molar refractivity (Wildman–Crippen MR) is 121 cm³/mol. The minimum absolute atomic E-state index is 0.000646. The number of methoxy groups -OCH3 is 1. The van der Waals surface area contributed by atoms with Gasteiger partial charge in [0.1, 0.15) is 5.75 Å². The van der Waals surface area contributed by atoms with E-state index in [0.717, 1.165) is 16.9 Å². The van der Waals surface area contributed by atoms with Crippen LogP contribution < -0.4 is 4.74 Å². The number of allylic oxidation sites excluding steroid dienone is 1. The smallest absolute Gasteiger partial charge is 0.336 e. The summed E-state index contributed by atoms with van der Waals surface area (Å²) in [6, 6.07) is 15.6. The number of ether oxygens (including phenoxy) is 2. The Kier molecular flexibility index (Phi) is 7.16. The fourth-order valence-corrected chi connectivity index (χ4v) is 3.79. The van der Waals surface area contributed by atoms with Gasteiger partial charge in [0, 0.05) is 18.0 Å². The van der Waals surface area contributed by atoms with Gasteiger partial charge in [-0.05, 0) is 43.0 Å². The average Bonchev–Trinajstić information content (AvgIpc) is 2.76. The number of carbonyl (C=O) groups excluding carboxylic acids is 2. The molecule has 0 aliphatic carbocycles. The molecular formula is C26H31NO4. The zero-order chi connectivity index (χ0) is 22.5. The molecule has 0 N–H and O–H groups in total. The number of rotatable bonds is 7. The Morgan fingerprint density at radius 1 is 1.06 bits per heavy atom. The molecule has 5 nitrogen and oxygen atoms in total. The van der Waals surface area contributed by atoms with Crippen molar-refractivity contribution in [3.63, 3.8) is 0 Å². The summed E-state index contributed by atoms with van der Waals surface area (Å²) in [6.07, 6.45) is 0.224. The summed E-state index contributed by atoms with van der Waals surface area (Å²) in [7, 11) is 1.61. The lowest BCUT2D eigenvalue weighted by molar-refractivity contribution is -0.141. The third-order valence-corrected chi connectivity index (χ3v) is 5.57. The van der Waals surface area contributed by atoms with Crippen molar-refractivity contribution in [3.8, 4) is 5.75 Å². The van der Waals surface area contributed by atoms with E-state index in [1.165, 1.54) is 5.56 Å². The Bertz CT molecular complexity index is 958. The number of amides is 1. The minimum atomic E-state index is -0.353. The van der Waals surface area contributed by atoms with Crippen molar-refractivity contribution in [1.29, 1.82) is 0 Å². The molecule has 2 aromatic carbocycles. The molecule has 1 heterocycles. The van der Waals surface area contributed by atoms with Crippen LogP contribution in [0.5, 0.6) is 5.75 Å². The van der Waals surface area contributed by atoms with Gasteiger partial charge in [-0.3, -0.25) is 4.79 Å². The molecule has 2 aromatic rings. The van der Waals surface area contributed by atoms with Crippen molar-refractivity contribution in [2.75, 3.05) is 13.7 Å². The molecule has 1 aliphatic heterocycles. The lowest BCUT2D eigenvalue weighted by atomic mass is 9.83. The minimum Gasteiger partial charge on any atom is -0.497 e. The zero-order valence-electron chi connectivity index (χ0n) is 19.0. The number of benzene rings is 2. The summed E-state index contributed by atoms with van der Waals surface area (Å²) >= 11 is 0. The van der Waals surface area contributed by atoms with Crippen LogP contribution in [0, 0.1) is 12.8 Å². The molecule has 3 rings (SSSR count). The second kappa shape index (κ2) is 9.82. The highest BCUT2D eigenvalue weighted by Gasteiger charge is 2.37. The first-order valence-corrected chi connectivity index (χ1v) is 10.7. The van der Waals surface area contributed by atoms with E-state index in [1.807, 2.05) is 76.2 Å². The van der Waals surface area contributed by atoms with Crippen LogP contribution in [0.25, 0.3) is 0 Å². The Labute approximate surface area is 184 Å². The first-order chi connectivity index (χ1) is 14.8. The van der Waals surface area contributed by atoms with E-state index in [1.54, 1.807) is 12.0 Å². The van der Waals surface area contributed by atoms with Gasteiger partial charge in [-0.15, -0.1) is 0 Å². The van der Waals surface area contributed by atoms with Gasteiger partial charge in [-0.1, -0.05) is 55.8 Å². The summed E-state index contributed by atoms with van der Waals surface area (Å²) in [5.74, 6) is 0.273. The van der Waals surface area contributed by atoms with Gasteiger partial charge in [0.05, 0.1) is 25.8 Å². The highest BCUT2D eigenvalue weighted by Crippen LogP contribution is 2.38. The highest BCUT2D eigenvalue weighted by molar-refractivity contribution is 5.95. The molecule has 0 spiro atoms. The fourth-order valence-electron chi connectivity index (χ4n) is 3.79. The van der Waals surface area contributed by atoms with Crippen molar-refractivity contribution >= 4 is 11.9 Å². The first-order valence-electron chi connectivity index (χ1n) is 10.7. The maximum atomic E-state index is 13.1. The Hall–Kier alpha value is -3.08. The van der Waals surface area contributed by atoms with Crippen LogP contribution in [0.2, 0.25) is 0 Å². The van der Waals surface area contributed by atoms with Gasteiger partial charge < -0.3 is 14.4 Å². The fraction of sp³-hybridized carbons (Fsp3) is 0.385. The lowest BCUT2D eigenvalue weighted by Gasteiger charge is -2.34. The standard InChI is InChI=1S/C26H31NO4/c1-17(2)16-31-26(29)25-19(4)27(15-20-8-6-18(3)7-9-20)24(28)14-23(25)21-10-12-22(30-5)13-11-21/h6-13,17,23H,14-16H2,1-5H3/t23-/m0/s1. The van der Waals surface area contributed by atoms with Crippen LogP contribution in [0.3, 0.4) is 0 Å². The van der Waals surface area contributed by atoms with E-state index in [9.17, 15) is 9.59 Å². The number of hydrogen-bond acceptors (Lipinski definition) is 4. The third kappa shape index (κ3) is 5.35. The number of carbonyl (C=O) groups is 2. The van der Waals surface area contributed by atoms with Gasteiger partial charge in [0.2, 0.25) is 5.91 Å². The van der Waals surface area contributed by atoms with Crippen molar-refractivity contribution in [1.82, 2.24) is 4.90 Å². The second-order valence-corrected chi connectivity index (χ2v) is 8.49. The molecule has 0 saturated heterocycles. The number of hydrogen-bond donors (Lipinski definition) is 0. The van der Waals surface area contributed by atoms with E-state index in [2.05, 4.69) is 0 Å². The summed E-state index contributed by atoms with van der Waals surface area (Å²) in [6.45, 7) is 8.65. The quantitative estimate of drug-likeness (QED) is 0.591. The molecule has 1 atom stereocenters. The maximum Gasteiger partial charge on any atom is 0.336 e. The van der Waals surface area contributed by atoms with E-state index >= 15 is 0 Å². The summed E-state index contributed by atoms with van der Waals surface area (Å²) in [4.78, 5) is 28.0. The zero-order valence-corrected chi connectivity index (χ0v) is 19.0. The molecule has 0 aromatic heterocycles. The van der Waals surface area contributed by atoms with Crippen LogP contribution in [0.1, 0.15) is 49.8 Å². The third-order valence-electron chi connectivity index (χ3n) is 5.57. The van der Waals surface area contributed by atoms with Crippen LogP contribution >= 0.6 is 0 Å². The molecule has 0 radical (unpaired) electrons. The van der Waals surface area contributed by atoms with Gasteiger partial charge >= 0.3 is 5.97 Å². The second-order valence-electron chi connectivity index (χ2n) is 8.49. The van der Waals surface area contributed by atoms with E-state index in [4.69, 9.17) is 9.47 Å². The van der Waals surface area contributed by atoms with Crippen LogP contribution in [0.15, 0.2) is 59.8 Å². The van der Waals surface area contributed by atoms with E-state index in [0.29, 0.717) is 24.4 Å². The highest BCUT2D eigenvalue weighted by atomic mass is 16.5. The van der Waals surface area contributed by atoms with Gasteiger partial charge in [-0.2, -0.15) is 0 Å². The van der Waals surface area contributed by atoms with Crippen molar-refractivity contribution in [2.24, 2.45) is 5.92 Å². The summed E-state index contributed by atoms with van der Waals surface area (Å²) in [5, 5.41) is 0. The monoisotopic (exact) mass is 421 g/mol. The van der Waals surface area contributed by atoms with Crippen molar-refractivity contribution < 1.29 is 19.1 Å². The van der Waals surface area contributed by atoms with Gasteiger partial charge in [0.25, 0.3) is 0 Å². The number of esters is 1. The maximum absolute atomic E-state index is 13.1. The van der Waals surface area contributed by atoms with E-state index in [-0.39, 0.29) is 30.1 Å². The molecule has 1 aliphatic rings. The van der Waals surface area contributed by atoms with Crippen LogP contribution in [0.4, 0.5) is 0 Å². The SMILES string of the molecule is COc1ccc([C@@H]2CC(=O)N(Cc3ccc(C)cc3)C(C)=C2C(=O)OCC(C)C)cc1. The molecule has 0 bridgehead atoms. The lowest BCUT2D eigenvalue weighted by Crippen LogP contribution is -2.38. The molecule has 0 saturated carbocycles. The van der Waals surface area contributed by atoms with Crippen molar-refractivity contribution in [3.05, 3.63) is 76.5 Å². The first kappa shape index (κ1) is 22.6. The summed E-state index contributed by atoms with van der Waals surface area (Å²) < 4.78 is 10.9. The topological polar surface area (TPSA) is 55.8 Å². The molecular weight excluding hydrogens is 390 g/mol. The predicted octanol–water partition coefficient (Wildman–Crippen LogP) is 4.99. The summed E-state index contributed by atoms with van der Waals surface area (Å²) in [5.41, 5.74) is 4.30. The van der Waals surface area contributed by atoms with Crippen LogP contribution in [-0.4, -0.2) is 30.5 Å². The van der Waals surface area contributed by atoms with Gasteiger partial charge in [-0.25, -0.2) is 4.79 Å². The number of aryl methyl sites for hydroxylation is 1. The van der Waals surface area contributed by atoms with Crippen molar-refractivity contribution in [2.45, 2.75) is 46.6 Å². The Balaban J connectivity index is 1.98.